The van der Waals surface area contributed by atoms with Crippen LogP contribution in [0.25, 0.3) is 0 Å². The minimum absolute atomic E-state index is 0. The topological polar surface area (TPSA) is 50.4 Å². The lowest BCUT2D eigenvalue weighted by molar-refractivity contribution is -0.119. The van der Waals surface area contributed by atoms with E-state index in [4.69, 9.17) is 4.74 Å². The van der Waals surface area contributed by atoms with Gasteiger partial charge in [0.25, 0.3) is 0 Å². The smallest absolute Gasteiger partial charge is 0.228 e. The van der Waals surface area contributed by atoms with E-state index >= 15 is 0 Å². The molecule has 2 aromatic carbocycles. The summed E-state index contributed by atoms with van der Waals surface area (Å²) in [6.45, 7) is 7.13. The van der Waals surface area contributed by atoms with Crippen molar-refractivity contribution in [3.63, 3.8) is 0 Å². The fourth-order valence-corrected chi connectivity index (χ4v) is 2.49. The molecule has 5 heteroatoms. The van der Waals surface area contributed by atoms with Crippen molar-refractivity contribution >= 4 is 24.0 Å². The van der Waals surface area contributed by atoms with Crippen LogP contribution >= 0.6 is 12.4 Å². The third kappa shape index (κ3) is 6.40. The van der Waals surface area contributed by atoms with Gasteiger partial charge in [-0.1, -0.05) is 36.8 Å². The third-order valence-corrected chi connectivity index (χ3v) is 3.90. The standard InChI is InChI=1S/C20H26N2O2.ClH/c1-14-6-5-7-17(10-14)13-24-18-8-9-19(15(2)11-18)22-20(23)16(3)12-21-4;/h5-11,16,21H,12-13H2,1-4H3,(H,22,23);1H. The summed E-state index contributed by atoms with van der Waals surface area (Å²) in [7, 11) is 1.84. The van der Waals surface area contributed by atoms with Crippen LogP contribution in [0.3, 0.4) is 0 Å². The Morgan fingerprint density at radius 2 is 1.92 bits per heavy atom. The zero-order valence-electron chi connectivity index (χ0n) is 15.3. The molecule has 1 amide bonds. The first-order chi connectivity index (χ1) is 11.5. The van der Waals surface area contributed by atoms with Crippen molar-refractivity contribution in [3.8, 4) is 5.75 Å². The molecule has 2 rings (SSSR count). The number of ether oxygens (including phenoxy) is 1. The van der Waals surface area contributed by atoms with Crippen molar-refractivity contribution in [2.24, 2.45) is 5.92 Å². The van der Waals surface area contributed by atoms with Crippen molar-refractivity contribution in [2.75, 3.05) is 18.9 Å². The number of amides is 1. The first-order valence-electron chi connectivity index (χ1n) is 8.24. The van der Waals surface area contributed by atoms with Crippen LogP contribution in [-0.4, -0.2) is 19.5 Å². The summed E-state index contributed by atoms with van der Waals surface area (Å²) in [5.74, 6) is 0.739. The summed E-state index contributed by atoms with van der Waals surface area (Å²) in [5, 5.41) is 5.98. The van der Waals surface area contributed by atoms with Gasteiger partial charge >= 0.3 is 0 Å². The second kappa shape index (κ2) is 10.1. The van der Waals surface area contributed by atoms with Crippen LogP contribution in [-0.2, 0) is 11.4 Å². The van der Waals surface area contributed by atoms with Gasteiger partial charge in [0, 0.05) is 18.2 Å². The Hall–Kier alpha value is -2.04. The predicted octanol–water partition coefficient (Wildman–Crippen LogP) is 4.10. The molecule has 0 aliphatic carbocycles. The average molecular weight is 363 g/mol. The fourth-order valence-electron chi connectivity index (χ4n) is 2.49. The molecule has 2 N–H and O–H groups in total. The summed E-state index contributed by atoms with van der Waals surface area (Å²) in [6.07, 6.45) is 0. The number of carbonyl (C=O) groups is 1. The minimum atomic E-state index is -0.0772. The first kappa shape index (κ1) is 21.0. The summed E-state index contributed by atoms with van der Waals surface area (Å²) in [4.78, 5) is 12.1. The van der Waals surface area contributed by atoms with Gasteiger partial charge in [-0.2, -0.15) is 0 Å². The van der Waals surface area contributed by atoms with E-state index in [2.05, 4.69) is 35.8 Å². The van der Waals surface area contributed by atoms with E-state index in [1.165, 1.54) is 5.56 Å². The zero-order valence-corrected chi connectivity index (χ0v) is 16.1. The molecule has 1 unspecified atom stereocenters. The lowest BCUT2D eigenvalue weighted by atomic mass is 10.1. The van der Waals surface area contributed by atoms with Gasteiger partial charge in [-0.3, -0.25) is 4.79 Å². The Bertz CT molecular complexity index is 704. The van der Waals surface area contributed by atoms with Crippen molar-refractivity contribution in [3.05, 3.63) is 59.2 Å². The molecule has 25 heavy (non-hydrogen) atoms. The Labute approximate surface area is 156 Å². The SMILES string of the molecule is CNCC(C)C(=O)Nc1ccc(OCc2cccc(C)c2)cc1C.Cl. The molecule has 0 heterocycles. The van der Waals surface area contributed by atoms with Crippen LogP contribution in [0.5, 0.6) is 5.75 Å². The summed E-state index contributed by atoms with van der Waals surface area (Å²) in [6, 6.07) is 14.0. The lowest BCUT2D eigenvalue weighted by Crippen LogP contribution is -2.28. The zero-order chi connectivity index (χ0) is 17.5. The van der Waals surface area contributed by atoms with E-state index in [0.29, 0.717) is 13.2 Å². The molecule has 0 radical (unpaired) electrons. The van der Waals surface area contributed by atoms with E-state index < -0.39 is 0 Å². The summed E-state index contributed by atoms with van der Waals surface area (Å²) in [5.41, 5.74) is 4.18. The number of benzene rings is 2. The monoisotopic (exact) mass is 362 g/mol. The number of nitrogens with one attached hydrogen (secondary N) is 2. The van der Waals surface area contributed by atoms with Crippen LogP contribution < -0.4 is 15.4 Å². The average Bonchev–Trinajstić information content (AvgIpc) is 2.55. The number of anilines is 1. The Kier molecular flexibility index (Phi) is 8.46. The molecular formula is C20H27ClN2O2. The molecule has 0 fully saturated rings. The maximum Gasteiger partial charge on any atom is 0.228 e. The van der Waals surface area contributed by atoms with Crippen molar-refractivity contribution in [1.82, 2.24) is 5.32 Å². The first-order valence-corrected chi connectivity index (χ1v) is 8.24. The third-order valence-electron chi connectivity index (χ3n) is 3.90. The number of halogens is 1. The second-order valence-corrected chi connectivity index (χ2v) is 6.20. The van der Waals surface area contributed by atoms with E-state index in [9.17, 15) is 4.79 Å². The highest BCUT2D eigenvalue weighted by atomic mass is 35.5. The van der Waals surface area contributed by atoms with E-state index in [0.717, 1.165) is 22.6 Å². The number of rotatable bonds is 7. The highest BCUT2D eigenvalue weighted by Gasteiger charge is 2.13. The highest BCUT2D eigenvalue weighted by molar-refractivity contribution is 5.93. The molecule has 4 nitrogen and oxygen atoms in total. The largest absolute Gasteiger partial charge is 0.489 e. The maximum absolute atomic E-state index is 12.1. The van der Waals surface area contributed by atoms with Gasteiger partial charge in [0.1, 0.15) is 12.4 Å². The van der Waals surface area contributed by atoms with Crippen LogP contribution in [0.2, 0.25) is 0 Å². The molecule has 2 aromatic rings. The number of hydrogen-bond donors (Lipinski definition) is 2. The van der Waals surface area contributed by atoms with Crippen LogP contribution in [0, 0.1) is 19.8 Å². The van der Waals surface area contributed by atoms with Crippen LogP contribution in [0.15, 0.2) is 42.5 Å². The Morgan fingerprint density at radius 1 is 1.16 bits per heavy atom. The van der Waals surface area contributed by atoms with E-state index in [1.54, 1.807) is 0 Å². The predicted molar refractivity (Wildman–Crippen MR) is 106 cm³/mol. The van der Waals surface area contributed by atoms with Crippen LogP contribution in [0.4, 0.5) is 5.69 Å². The number of carbonyl (C=O) groups excluding carboxylic acids is 1. The molecule has 136 valence electrons. The summed E-state index contributed by atoms with van der Waals surface area (Å²) >= 11 is 0. The van der Waals surface area contributed by atoms with Crippen LogP contribution in [0.1, 0.15) is 23.6 Å². The molecular weight excluding hydrogens is 336 g/mol. The van der Waals surface area contributed by atoms with Gasteiger partial charge in [0.15, 0.2) is 0 Å². The van der Waals surface area contributed by atoms with Crippen molar-refractivity contribution < 1.29 is 9.53 Å². The Balaban J connectivity index is 0.00000312. The minimum Gasteiger partial charge on any atom is -0.489 e. The maximum atomic E-state index is 12.1. The van der Waals surface area contributed by atoms with Crippen molar-refractivity contribution in [2.45, 2.75) is 27.4 Å². The van der Waals surface area contributed by atoms with E-state index in [-0.39, 0.29) is 24.2 Å². The van der Waals surface area contributed by atoms with Gasteiger partial charge in [0.05, 0.1) is 0 Å². The van der Waals surface area contributed by atoms with Gasteiger partial charge in [-0.15, -0.1) is 12.4 Å². The number of hydrogen-bond acceptors (Lipinski definition) is 3. The molecule has 0 saturated carbocycles. The second-order valence-electron chi connectivity index (χ2n) is 6.20. The molecule has 0 saturated heterocycles. The van der Waals surface area contributed by atoms with Gasteiger partial charge < -0.3 is 15.4 Å². The normalized spacial score (nSPS) is 11.4. The molecule has 0 aromatic heterocycles. The highest BCUT2D eigenvalue weighted by Crippen LogP contribution is 2.22. The lowest BCUT2D eigenvalue weighted by Gasteiger charge is -2.14. The molecule has 0 aliphatic heterocycles. The van der Waals surface area contributed by atoms with Gasteiger partial charge in [0.2, 0.25) is 5.91 Å². The van der Waals surface area contributed by atoms with Crippen molar-refractivity contribution in [1.29, 1.82) is 0 Å². The molecule has 0 spiro atoms. The Morgan fingerprint density at radius 3 is 2.56 bits per heavy atom. The quantitative estimate of drug-likeness (QED) is 0.779. The van der Waals surface area contributed by atoms with E-state index in [1.807, 2.05) is 45.2 Å². The summed E-state index contributed by atoms with van der Waals surface area (Å²) < 4.78 is 5.85. The van der Waals surface area contributed by atoms with Gasteiger partial charge in [-0.25, -0.2) is 0 Å². The molecule has 1 atom stereocenters. The van der Waals surface area contributed by atoms with Gasteiger partial charge in [-0.05, 0) is 50.2 Å². The molecule has 0 aliphatic rings. The fraction of sp³-hybridized carbons (Fsp3) is 0.350. The number of aryl methyl sites for hydroxylation is 2. The molecule has 0 bridgehead atoms.